The Labute approximate surface area is 135 Å². The van der Waals surface area contributed by atoms with Crippen molar-refractivity contribution in [2.75, 3.05) is 6.61 Å². The van der Waals surface area contributed by atoms with Crippen molar-refractivity contribution in [1.29, 1.82) is 0 Å². The van der Waals surface area contributed by atoms with Crippen molar-refractivity contribution >= 4 is 33.5 Å². The number of halogens is 2. The highest BCUT2D eigenvalue weighted by Gasteiger charge is 2.26. The number of esters is 1. The first-order chi connectivity index (χ1) is 10.1. The van der Waals surface area contributed by atoms with E-state index in [-0.39, 0.29) is 11.9 Å². The van der Waals surface area contributed by atoms with Crippen molar-refractivity contribution in [3.63, 3.8) is 0 Å². The Morgan fingerprint density at radius 1 is 1.48 bits per heavy atom. The van der Waals surface area contributed by atoms with Gasteiger partial charge < -0.3 is 9.26 Å². The summed E-state index contributed by atoms with van der Waals surface area (Å²) in [7, 11) is 0. The fraction of sp³-hybridized carbons (Fsp3) is 0.357. The van der Waals surface area contributed by atoms with Crippen LogP contribution in [0.1, 0.15) is 32.1 Å². The molecule has 0 radical (unpaired) electrons. The fourth-order valence-electron chi connectivity index (χ4n) is 1.81. The predicted octanol–water partition coefficient (Wildman–Crippen LogP) is 4.21. The van der Waals surface area contributed by atoms with Gasteiger partial charge in [0.15, 0.2) is 0 Å². The summed E-state index contributed by atoms with van der Waals surface area (Å²) >= 11 is 9.29. The average Bonchev–Trinajstić information content (AvgIpc) is 2.92. The maximum atomic E-state index is 11.8. The Kier molecular flexibility index (Phi) is 5.36. The highest BCUT2D eigenvalue weighted by atomic mass is 79.9. The molecule has 21 heavy (non-hydrogen) atoms. The molecule has 0 aliphatic rings. The van der Waals surface area contributed by atoms with E-state index in [9.17, 15) is 4.79 Å². The molecule has 0 spiro atoms. The zero-order valence-electron chi connectivity index (χ0n) is 11.6. The zero-order valence-corrected chi connectivity index (χ0v) is 13.9. The first-order valence-electron chi connectivity index (χ1n) is 6.52. The van der Waals surface area contributed by atoms with Crippen LogP contribution < -0.4 is 0 Å². The summed E-state index contributed by atoms with van der Waals surface area (Å²) in [6.07, 6.45) is 0.533. The summed E-state index contributed by atoms with van der Waals surface area (Å²) in [4.78, 5) is 16.1. The normalized spacial score (nSPS) is 12.2. The highest BCUT2D eigenvalue weighted by molar-refractivity contribution is 9.10. The van der Waals surface area contributed by atoms with Crippen LogP contribution in [-0.2, 0) is 9.53 Å². The molecule has 2 aromatic rings. The summed E-state index contributed by atoms with van der Waals surface area (Å²) in [5.41, 5.74) is 0.750. The molecule has 2 rings (SSSR count). The van der Waals surface area contributed by atoms with E-state index in [0.717, 1.165) is 10.0 Å². The minimum Gasteiger partial charge on any atom is -0.465 e. The Balaban J connectivity index is 2.27. The third-order valence-corrected chi connectivity index (χ3v) is 4.11. The maximum absolute atomic E-state index is 11.8. The first kappa shape index (κ1) is 16.0. The van der Waals surface area contributed by atoms with Gasteiger partial charge >= 0.3 is 5.97 Å². The van der Waals surface area contributed by atoms with Gasteiger partial charge in [0.1, 0.15) is 5.92 Å². The van der Waals surface area contributed by atoms with Crippen LogP contribution in [0.2, 0.25) is 5.02 Å². The van der Waals surface area contributed by atoms with Gasteiger partial charge in [0.05, 0.1) is 11.6 Å². The van der Waals surface area contributed by atoms with Gasteiger partial charge in [-0.15, -0.1) is 0 Å². The van der Waals surface area contributed by atoms with Crippen LogP contribution >= 0.6 is 27.5 Å². The molecule has 1 atom stereocenters. The average molecular weight is 374 g/mol. The molecular weight excluding hydrogens is 360 g/mol. The molecular formula is C14H14BrClN2O3. The number of aromatic nitrogens is 2. The van der Waals surface area contributed by atoms with Crippen molar-refractivity contribution in [2.24, 2.45) is 0 Å². The minimum atomic E-state index is -0.540. The smallest absolute Gasteiger partial charge is 0.318 e. The lowest BCUT2D eigenvalue weighted by Crippen LogP contribution is -2.15. The molecule has 0 fully saturated rings. The van der Waals surface area contributed by atoms with Gasteiger partial charge in [0, 0.05) is 10.0 Å². The zero-order chi connectivity index (χ0) is 15.4. The van der Waals surface area contributed by atoms with Crippen molar-refractivity contribution in [3.05, 3.63) is 33.6 Å². The number of nitrogens with zero attached hydrogens (tertiary/aromatic N) is 2. The van der Waals surface area contributed by atoms with Gasteiger partial charge in [0.25, 0.3) is 0 Å². The molecule has 0 N–H and O–H groups in total. The number of hydrogen-bond acceptors (Lipinski definition) is 5. The Morgan fingerprint density at radius 2 is 2.24 bits per heavy atom. The third kappa shape index (κ3) is 3.63. The van der Waals surface area contributed by atoms with Gasteiger partial charge in [-0.25, -0.2) is 0 Å². The Bertz CT molecular complexity index is 645. The molecule has 0 aliphatic carbocycles. The summed E-state index contributed by atoms with van der Waals surface area (Å²) < 4.78 is 10.9. The summed E-state index contributed by atoms with van der Waals surface area (Å²) in [6.45, 7) is 3.94. The van der Waals surface area contributed by atoms with Gasteiger partial charge in [-0.3, -0.25) is 4.79 Å². The van der Waals surface area contributed by atoms with Crippen molar-refractivity contribution in [2.45, 2.75) is 26.2 Å². The lowest BCUT2D eigenvalue weighted by atomic mass is 10.1. The molecule has 0 bridgehead atoms. The van der Waals surface area contributed by atoms with Gasteiger partial charge in [-0.05, 0) is 47.5 Å². The Hall–Kier alpha value is -1.40. The molecule has 0 amide bonds. The third-order valence-electron chi connectivity index (χ3n) is 2.90. The Morgan fingerprint density at radius 3 is 2.86 bits per heavy atom. The van der Waals surface area contributed by atoms with E-state index >= 15 is 0 Å². The largest absolute Gasteiger partial charge is 0.465 e. The molecule has 1 heterocycles. The number of ether oxygens (including phenoxy) is 1. The second kappa shape index (κ2) is 7.04. The lowest BCUT2D eigenvalue weighted by molar-refractivity contribution is -0.145. The standard InChI is InChI=1S/C14H14BrClN2O3/c1-3-9(14(19)20-4-2)13-17-12(18-21-13)8-5-6-11(16)10(15)7-8/h5-7,9H,3-4H2,1-2H3. The van der Waals surface area contributed by atoms with Crippen LogP contribution in [0.4, 0.5) is 0 Å². The van der Waals surface area contributed by atoms with Gasteiger partial charge in [0.2, 0.25) is 11.7 Å². The van der Waals surface area contributed by atoms with E-state index in [1.54, 1.807) is 25.1 Å². The number of hydrogen-bond donors (Lipinski definition) is 0. The van der Waals surface area contributed by atoms with E-state index in [4.69, 9.17) is 20.9 Å². The van der Waals surface area contributed by atoms with Crippen molar-refractivity contribution in [3.8, 4) is 11.4 Å². The van der Waals surface area contributed by atoms with Gasteiger partial charge in [-0.2, -0.15) is 4.98 Å². The number of carbonyl (C=O) groups excluding carboxylic acids is 1. The fourth-order valence-corrected chi connectivity index (χ4v) is 2.31. The lowest BCUT2D eigenvalue weighted by Gasteiger charge is -2.08. The van der Waals surface area contributed by atoms with Crippen LogP contribution in [0, 0.1) is 0 Å². The van der Waals surface area contributed by atoms with Crippen LogP contribution in [0.15, 0.2) is 27.2 Å². The van der Waals surface area contributed by atoms with E-state index in [2.05, 4.69) is 26.1 Å². The quantitative estimate of drug-likeness (QED) is 0.735. The second-order valence-corrected chi connectivity index (χ2v) is 5.56. The van der Waals surface area contributed by atoms with Crippen LogP contribution in [-0.4, -0.2) is 22.7 Å². The van der Waals surface area contributed by atoms with Gasteiger partial charge in [-0.1, -0.05) is 23.7 Å². The molecule has 1 aromatic heterocycles. The van der Waals surface area contributed by atoms with Crippen molar-refractivity contribution in [1.82, 2.24) is 10.1 Å². The van der Waals surface area contributed by atoms with E-state index in [1.165, 1.54) is 0 Å². The van der Waals surface area contributed by atoms with E-state index < -0.39 is 5.92 Å². The molecule has 1 unspecified atom stereocenters. The van der Waals surface area contributed by atoms with Crippen LogP contribution in [0.25, 0.3) is 11.4 Å². The first-order valence-corrected chi connectivity index (χ1v) is 7.69. The SMILES string of the molecule is CCOC(=O)C(CC)c1nc(-c2ccc(Cl)c(Br)c2)no1. The molecule has 1 aromatic carbocycles. The van der Waals surface area contributed by atoms with Crippen molar-refractivity contribution < 1.29 is 14.1 Å². The topological polar surface area (TPSA) is 65.2 Å². The summed E-state index contributed by atoms with van der Waals surface area (Å²) in [6, 6.07) is 5.31. The van der Waals surface area contributed by atoms with Crippen LogP contribution in [0.3, 0.4) is 0 Å². The molecule has 0 saturated carbocycles. The molecule has 112 valence electrons. The second-order valence-electron chi connectivity index (χ2n) is 4.30. The predicted molar refractivity (Wildman–Crippen MR) is 82.1 cm³/mol. The molecule has 7 heteroatoms. The maximum Gasteiger partial charge on any atom is 0.318 e. The molecule has 0 aliphatic heterocycles. The summed E-state index contributed by atoms with van der Waals surface area (Å²) in [5, 5.41) is 4.51. The summed E-state index contributed by atoms with van der Waals surface area (Å²) in [5.74, 6) is -0.225. The highest BCUT2D eigenvalue weighted by Crippen LogP contribution is 2.28. The number of carbonyl (C=O) groups is 1. The van der Waals surface area contributed by atoms with E-state index in [0.29, 0.717) is 23.9 Å². The molecule has 5 nitrogen and oxygen atoms in total. The monoisotopic (exact) mass is 372 g/mol. The van der Waals surface area contributed by atoms with E-state index in [1.807, 2.05) is 6.92 Å². The molecule has 0 saturated heterocycles. The number of benzene rings is 1. The van der Waals surface area contributed by atoms with Crippen LogP contribution in [0.5, 0.6) is 0 Å². The number of rotatable bonds is 5. The minimum absolute atomic E-state index is 0.261.